The van der Waals surface area contributed by atoms with Gasteiger partial charge < -0.3 is 14.8 Å². The summed E-state index contributed by atoms with van der Waals surface area (Å²) < 4.78 is 10.9. The van der Waals surface area contributed by atoms with Gasteiger partial charge in [-0.3, -0.25) is 9.80 Å². The summed E-state index contributed by atoms with van der Waals surface area (Å²) in [6.45, 7) is 3.08. The van der Waals surface area contributed by atoms with E-state index in [1.807, 2.05) is 48.5 Å². The van der Waals surface area contributed by atoms with E-state index in [9.17, 15) is 9.59 Å². The zero-order chi connectivity index (χ0) is 20.9. The molecule has 0 saturated carbocycles. The standard InChI is InChI=1S/C23H25N3O4/c1-2-29-23(28)19-13-20(26(25-19)18-9-4-3-5-10-18)22(27)24-14-16-12-17-8-6-7-11-21(17)30-15-16/h3-11,16,20H,2,12-15H2,1H3,(H,24,27). The number of hydrogen-bond donors (Lipinski definition) is 1. The molecule has 2 atom stereocenters. The number of benzene rings is 2. The third kappa shape index (κ3) is 4.30. The maximum atomic E-state index is 13.0. The molecule has 0 spiro atoms. The number of anilines is 1. The van der Waals surface area contributed by atoms with Crippen LogP contribution in [0.25, 0.3) is 0 Å². The average Bonchev–Trinajstić information content (AvgIpc) is 3.24. The number of hydrogen-bond acceptors (Lipinski definition) is 6. The van der Waals surface area contributed by atoms with E-state index >= 15 is 0 Å². The molecule has 1 N–H and O–H groups in total. The Morgan fingerprint density at radius 3 is 2.70 bits per heavy atom. The van der Waals surface area contributed by atoms with Crippen LogP contribution in [0.5, 0.6) is 5.75 Å². The smallest absolute Gasteiger partial charge is 0.354 e. The van der Waals surface area contributed by atoms with Crippen molar-refractivity contribution in [2.24, 2.45) is 11.0 Å². The molecule has 1 amide bonds. The zero-order valence-electron chi connectivity index (χ0n) is 16.9. The lowest BCUT2D eigenvalue weighted by Gasteiger charge is -2.27. The monoisotopic (exact) mass is 407 g/mol. The van der Waals surface area contributed by atoms with Crippen molar-refractivity contribution in [1.29, 1.82) is 0 Å². The van der Waals surface area contributed by atoms with Gasteiger partial charge in [0.2, 0.25) is 5.91 Å². The number of para-hydroxylation sites is 2. The summed E-state index contributed by atoms with van der Waals surface area (Å²) in [7, 11) is 0. The molecule has 2 heterocycles. The van der Waals surface area contributed by atoms with Crippen molar-refractivity contribution in [3.63, 3.8) is 0 Å². The van der Waals surface area contributed by atoms with Crippen molar-refractivity contribution < 1.29 is 19.1 Å². The first kappa shape index (κ1) is 19.9. The average molecular weight is 407 g/mol. The highest BCUT2D eigenvalue weighted by molar-refractivity contribution is 6.38. The number of carbonyl (C=O) groups excluding carboxylic acids is 2. The number of fused-ring (bicyclic) bond motifs is 1. The third-order valence-corrected chi connectivity index (χ3v) is 5.27. The van der Waals surface area contributed by atoms with Crippen molar-refractivity contribution in [2.75, 3.05) is 24.8 Å². The molecule has 0 aliphatic carbocycles. The van der Waals surface area contributed by atoms with Gasteiger partial charge in [0, 0.05) is 18.9 Å². The molecule has 0 fully saturated rings. The first-order valence-electron chi connectivity index (χ1n) is 10.2. The number of esters is 1. The predicted molar refractivity (Wildman–Crippen MR) is 114 cm³/mol. The molecule has 2 aromatic carbocycles. The topological polar surface area (TPSA) is 80.2 Å². The van der Waals surface area contributed by atoms with Crippen LogP contribution in [0.15, 0.2) is 59.7 Å². The van der Waals surface area contributed by atoms with Gasteiger partial charge in [0.25, 0.3) is 0 Å². The van der Waals surface area contributed by atoms with Crippen LogP contribution in [0.2, 0.25) is 0 Å². The van der Waals surface area contributed by atoms with Gasteiger partial charge in [0.15, 0.2) is 0 Å². The van der Waals surface area contributed by atoms with Gasteiger partial charge >= 0.3 is 5.97 Å². The van der Waals surface area contributed by atoms with Crippen LogP contribution in [-0.4, -0.2) is 43.4 Å². The number of rotatable bonds is 6. The molecular weight excluding hydrogens is 382 g/mol. The van der Waals surface area contributed by atoms with E-state index in [1.54, 1.807) is 11.9 Å². The van der Waals surface area contributed by atoms with E-state index in [4.69, 9.17) is 9.47 Å². The second-order valence-corrected chi connectivity index (χ2v) is 7.40. The molecule has 7 nitrogen and oxygen atoms in total. The maximum Gasteiger partial charge on any atom is 0.354 e. The number of nitrogens with one attached hydrogen (secondary N) is 1. The highest BCUT2D eigenvalue weighted by atomic mass is 16.5. The Morgan fingerprint density at radius 2 is 1.90 bits per heavy atom. The Hall–Kier alpha value is -3.35. The van der Waals surface area contributed by atoms with Gasteiger partial charge in [-0.2, -0.15) is 5.10 Å². The van der Waals surface area contributed by atoms with Crippen LogP contribution < -0.4 is 15.1 Å². The van der Waals surface area contributed by atoms with Gasteiger partial charge in [0.1, 0.15) is 17.5 Å². The summed E-state index contributed by atoms with van der Waals surface area (Å²) in [6.07, 6.45) is 1.07. The summed E-state index contributed by atoms with van der Waals surface area (Å²) >= 11 is 0. The van der Waals surface area contributed by atoms with E-state index in [-0.39, 0.29) is 30.6 Å². The van der Waals surface area contributed by atoms with E-state index in [0.29, 0.717) is 13.2 Å². The molecule has 2 aromatic rings. The summed E-state index contributed by atoms with van der Waals surface area (Å²) in [4.78, 5) is 25.2. The first-order chi connectivity index (χ1) is 14.7. The Bertz CT molecular complexity index is 944. The lowest BCUT2D eigenvalue weighted by Crippen LogP contribution is -2.45. The molecule has 0 bridgehead atoms. The first-order valence-corrected chi connectivity index (χ1v) is 10.2. The molecule has 30 heavy (non-hydrogen) atoms. The molecule has 156 valence electrons. The van der Waals surface area contributed by atoms with Crippen LogP contribution in [0.3, 0.4) is 0 Å². The minimum atomic E-state index is -0.594. The molecule has 2 aliphatic heterocycles. The fourth-order valence-corrected chi connectivity index (χ4v) is 3.76. The Morgan fingerprint density at radius 1 is 1.13 bits per heavy atom. The number of ether oxygens (including phenoxy) is 2. The van der Waals surface area contributed by atoms with Crippen molar-refractivity contribution in [1.82, 2.24) is 5.32 Å². The summed E-state index contributed by atoms with van der Waals surface area (Å²) in [5.41, 5.74) is 2.17. The number of hydrazone groups is 1. The second-order valence-electron chi connectivity index (χ2n) is 7.40. The lowest BCUT2D eigenvalue weighted by molar-refractivity contribution is -0.135. The van der Waals surface area contributed by atoms with Crippen molar-refractivity contribution in [3.8, 4) is 5.75 Å². The maximum absolute atomic E-state index is 13.0. The van der Waals surface area contributed by atoms with Crippen molar-refractivity contribution in [2.45, 2.75) is 25.8 Å². The summed E-state index contributed by atoms with van der Waals surface area (Å²) in [5.74, 6) is 0.464. The van der Waals surface area contributed by atoms with Gasteiger partial charge in [-0.05, 0) is 37.1 Å². The van der Waals surface area contributed by atoms with Crippen molar-refractivity contribution >= 4 is 23.3 Å². The summed E-state index contributed by atoms with van der Waals surface area (Å²) in [5, 5.41) is 9.03. The Labute approximate surface area is 175 Å². The fourth-order valence-electron chi connectivity index (χ4n) is 3.76. The number of carbonyl (C=O) groups is 2. The number of amides is 1. The summed E-state index contributed by atoms with van der Waals surface area (Å²) in [6, 6.07) is 16.7. The zero-order valence-corrected chi connectivity index (χ0v) is 16.9. The fraction of sp³-hybridized carbons (Fsp3) is 0.348. The molecule has 2 aliphatic rings. The lowest BCUT2D eigenvalue weighted by atomic mass is 9.96. The highest BCUT2D eigenvalue weighted by Crippen LogP contribution is 2.27. The largest absolute Gasteiger partial charge is 0.493 e. The molecule has 2 unspecified atom stereocenters. The quantitative estimate of drug-likeness (QED) is 0.745. The van der Waals surface area contributed by atoms with Crippen molar-refractivity contribution in [3.05, 3.63) is 60.2 Å². The van der Waals surface area contributed by atoms with Gasteiger partial charge in [-0.15, -0.1) is 0 Å². The van der Waals surface area contributed by atoms with E-state index in [1.165, 1.54) is 0 Å². The Kier molecular flexibility index (Phi) is 5.97. The highest BCUT2D eigenvalue weighted by Gasteiger charge is 2.37. The molecule has 0 saturated heterocycles. The minimum Gasteiger partial charge on any atom is -0.493 e. The van der Waals surface area contributed by atoms with Crippen LogP contribution >= 0.6 is 0 Å². The SMILES string of the molecule is CCOC(=O)C1=NN(c2ccccc2)C(C(=O)NCC2COc3ccccc3C2)C1. The van der Waals surface area contributed by atoms with Crippen LogP contribution in [0, 0.1) is 5.92 Å². The minimum absolute atomic E-state index is 0.166. The third-order valence-electron chi connectivity index (χ3n) is 5.27. The number of nitrogens with zero attached hydrogens (tertiary/aromatic N) is 2. The molecular formula is C23H25N3O4. The van der Waals surface area contributed by atoms with Gasteiger partial charge in [-0.1, -0.05) is 36.4 Å². The predicted octanol–water partition coefficient (Wildman–Crippen LogP) is 2.55. The van der Waals surface area contributed by atoms with Crippen LogP contribution in [0.4, 0.5) is 5.69 Å². The molecule has 4 rings (SSSR count). The van der Waals surface area contributed by atoms with E-state index in [0.717, 1.165) is 23.4 Å². The van der Waals surface area contributed by atoms with Crippen LogP contribution in [0.1, 0.15) is 18.9 Å². The second kappa shape index (κ2) is 8.98. The van der Waals surface area contributed by atoms with E-state index in [2.05, 4.69) is 16.5 Å². The van der Waals surface area contributed by atoms with Crippen LogP contribution in [-0.2, 0) is 20.7 Å². The molecule has 0 aromatic heterocycles. The Balaban J connectivity index is 1.42. The van der Waals surface area contributed by atoms with Gasteiger partial charge in [-0.25, -0.2) is 4.79 Å². The normalized spacial score (nSPS) is 20.0. The van der Waals surface area contributed by atoms with Gasteiger partial charge in [0.05, 0.1) is 18.9 Å². The van der Waals surface area contributed by atoms with E-state index < -0.39 is 12.0 Å². The molecule has 7 heteroatoms. The molecule has 0 radical (unpaired) electrons.